The summed E-state index contributed by atoms with van der Waals surface area (Å²) >= 11 is 5.94. The highest BCUT2D eigenvalue weighted by atomic mass is 35.5. The van der Waals surface area contributed by atoms with Gasteiger partial charge in [-0.25, -0.2) is 0 Å². The zero-order valence-corrected chi connectivity index (χ0v) is 11.8. The van der Waals surface area contributed by atoms with E-state index in [1.807, 2.05) is 19.1 Å². The molecule has 0 radical (unpaired) electrons. The minimum Gasteiger partial charge on any atom is -0.494 e. The van der Waals surface area contributed by atoms with Crippen LogP contribution in [0.3, 0.4) is 0 Å². The number of hydrogen-bond acceptors (Lipinski definition) is 3. The Hall–Kier alpha value is -2.20. The highest BCUT2D eigenvalue weighted by molar-refractivity contribution is 6.30. The van der Waals surface area contributed by atoms with Gasteiger partial charge in [-0.1, -0.05) is 11.6 Å². The van der Waals surface area contributed by atoms with Crippen molar-refractivity contribution in [2.45, 2.75) is 6.92 Å². The second kappa shape index (κ2) is 6.30. The minimum absolute atomic E-state index is 0.0670. The molecule has 0 aliphatic heterocycles. The maximum absolute atomic E-state index is 7.54. The Kier molecular flexibility index (Phi) is 4.48. The molecule has 2 rings (SSSR count). The van der Waals surface area contributed by atoms with E-state index in [9.17, 15) is 0 Å². The topological polar surface area (TPSA) is 68.3 Å². The van der Waals surface area contributed by atoms with E-state index < -0.39 is 0 Å². The van der Waals surface area contributed by atoms with Gasteiger partial charge in [0.05, 0.1) is 12.2 Å². The summed E-state index contributed by atoms with van der Waals surface area (Å²) in [6, 6.07) is 12.2. The molecule has 0 saturated heterocycles. The van der Waals surface area contributed by atoms with E-state index in [2.05, 4.69) is 0 Å². The van der Waals surface area contributed by atoms with Gasteiger partial charge in [0, 0.05) is 11.1 Å². The molecule has 0 aliphatic rings. The number of benzene rings is 2. The van der Waals surface area contributed by atoms with Crippen molar-refractivity contribution in [1.82, 2.24) is 0 Å². The van der Waals surface area contributed by atoms with E-state index in [1.54, 1.807) is 30.3 Å². The zero-order chi connectivity index (χ0) is 14.5. The summed E-state index contributed by atoms with van der Waals surface area (Å²) in [6.07, 6.45) is 0. The van der Waals surface area contributed by atoms with E-state index in [0.717, 1.165) is 5.75 Å². The first kappa shape index (κ1) is 14.2. The van der Waals surface area contributed by atoms with Gasteiger partial charge in [-0.15, -0.1) is 0 Å². The third kappa shape index (κ3) is 3.42. The van der Waals surface area contributed by atoms with Gasteiger partial charge in [0.1, 0.15) is 23.1 Å². The lowest BCUT2D eigenvalue weighted by Crippen LogP contribution is -2.12. The van der Waals surface area contributed by atoms with Crippen molar-refractivity contribution in [2.24, 2.45) is 5.73 Å². The van der Waals surface area contributed by atoms with Crippen molar-refractivity contribution >= 4 is 17.4 Å². The number of halogens is 1. The molecule has 4 nitrogen and oxygen atoms in total. The average Bonchev–Trinajstić information content (AvgIpc) is 2.41. The summed E-state index contributed by atoms with van der Waals surface area (Å²) < 4.78 is 11.1. The summed E-state index contributed by atoms with van der Waals surface area (Å²) in [4.78, 5) is 0. The molecule has 0 aromatic heterocycles. The first-order chi connectivity index (χ1) is 9.60. The van der Waals surface area contributed by atoms with E-state index in [4.69, 9.17) is 32.2 Å². The zero-order valence-electron chi connectivity index (χ0n) is 11.0. The fourth-order valence-corrected chi connectivity index (χ4v) is 1.86. The first-order valence-electron chi connectivity index (χ1n) is 6.15. The van der Waals surface area contributed by atoms with Crippen LogP contribution in [-0.2, 0) is 0 Å². The molecular weight excluding hydrogens is 276 g/mol. The highest BCUT2D eigenvalue weighted by Gasteiger charge is 2.09. The van der Waals surface area contributed by atoms with Crippen molar-refractivity contribution in [3.8, 4) is 17.2 Å². The Labute approximate surface area is 122 Å². The monoisotopic (exact) mass is 290 g/mol. The Bertz CT molecular complexity index is 612. The molecule has 0 aliphatic carbocycles. The van der Waals surface area contributed by atoms with Crippen molar-refractivity contribution in [1.29, 1.82) is 5.41 Å². The van der Waals surface area contributed by atoms with E-state index in [-0.39, 0.29) is 5.84 Å². The fraction of sp³-hybridized carbons (Fsp3) is 0.133. The summed E-state index contributed by atoms with van der Waals surface area (Å²) in [5.74, 6) is 1.78. The van der Waals surface area contributed by atoms with E-state index in [1.165, 1.54) is 0 Å². The average molecular weight is 291 g/mol. The van der Waals surface area contributed by atoms with Crippen LogP contribution in [0.2, 0.25) is 5.02 Å². The lowest BCUT2D eigenvalue weighted by Gasteiger charge is -2.11. The van der Waals surface area contributed by atoms with Crippen LogP contribution in [0, 0.1) is 5.41 Å². The lowest BCUT2D eigenvalue weighted by atomic mass is 10.2. The highest BCUT2D eigenvalue weighted by Crippen LogP contribution is 2.29. The standard InChI is InChI=1S/C15H15ClN2O2/c1-2-19-11-4-6-12(7-5-11)20-14-9-10(16)3-8-13(14)15(17)18/h3-9H,2H2,1H3,(H3,17,18). The molecule has 0 amide bonds. The smallest absolute Gasteiger partial charge is 0.139 e. The molecule has 0 heterocycles. The Balaban J connectivity index is 2.25. The molecule has 2 aromatic carbocycles. The minimum atomic E-state index is -0.0670. The molecule has 0 saturated carbocycles. The van der Waals surface area contributed by atoms with E-state index in [0.29, 0.717) is 28.7 Å². The number of amidine groups is 1. The van der Waals surface area contributed by atoms with Gasteiger partial charge >= 0.3 is 0 Å². The molecule has 5 heteroatoms. The number of nitrogens with one attached hydrogen (secondary N) is 1. The van der Waals surface area contributed by atoms with Crippen LogP contribution >= 0.6 is 11.6 Å². The quantitative estimate of drug-likeness (QED) is 0.650. The van der Waals surface area contributed by atoms with Crippen LogP contribution < -0.4 is 15.2 Å². The van der Waals surface area contributed by atoms with Crippen molar-refractivity contribution in [2.75, 3.05) is 6.61 Å². The van der Waals surface area contributed by atoms with Gasteiger partial charge in [0.2, 0.25) is 0 Å². The third-order valence-corrected chi connectivity index (χ3v) is 2.83. The van der Waals surface area contributed by atoms with Gasteiger partial charge in [-0.2, -0.15) is 0 Å². The fourth-order valence-electron chi connectivity index (χ4n) is 1.70. The Morgan fingerprint density at radius 3 is 2.40 bits per heavy atom. The summed E-state index contributed by atoms with van der Waals surface area (Å²) in [5, 5.41) is 8.06. The number of rotatable bonds is 5. The molecule has 0 fully saturated rings. The van der Waals surface area contributed by atoms with Gasteiger partial charge in [-0.3, -0.25) is 5.41 Å². The molecule has 20 heavy (non-hydrogen) atoms. The molecule has 0 bridgehead atoms. The second-order valence-electron chi connectivity index (χ2n) is 4.06. The van der Waals surface area contributed by atoms with Crippen LogP contribution in [0.15, 0.2) is 42.5 Å². The third-order valence-electron chi connectivity index (χ3n) is 2.60. The summed E-state index contributed by atoms with van der Waals surface area (Å²) in [5.41, 5.74) is 6.03. The van der Waals surface area contributed by atoms with Crippen LogP contribution in [0.25, 0.3) is 0 Å². The second-order valence-corrected chi connectivity index (χ2v) is 4.50. The SMILES string of the molecule is CCOc1ccc(Oc2cc(Cl)ccc2C(=N)N)cc1. The van der Waals surface area contributed by atoms with Gasteiger partial charge in [0.25, 0.3) is 0 Å². The number of nitrogens with two attached hydrogens (primary N) is 1. The Morgan fingerprint density at radius 1 is 1.15 bits per heavy atom. The maximum atomic E-state index is 7.54. The summed E-state index contributed by atoms with van der Waals surface area (Å²) in [6.45, 7) is 2.54. The predicted octanol–water partition coefficient (Wildman–Crippen LogP) is 3.82. The van der Waals surface area contributed by atoms with Gasteiger partial charge < -0.3 is 15.2 Å². The summed E-state index contributed by atoms with van der Waals surface area (Å²) in [7, 11) is 0. The van der Waals surface area contributed by atoms with Crippen molar-refractivity contribution in [3.63, 3.8) is 0 Å². The number of ether oxygens (including phenoxy) is 2. The molecule has 2 aromatic rings. The van der Waals surface area contributed by atoms with Crippen molar-refractivity contribution in [3.05, 3.63) is 53.1 Å². The van der Waals surface area contributed by atoms with Gasteiger partial charge in [-0.05, 0) is 43.3 Å². The molecule has 104 valence electrons. The number of nitrogen functional groups attached to an aromatic ring is 1. The first-order valence-corrected chi connectivity index (χ1v) is 6.52. The van der Waals surface area contributed by atoms with Crippen LogP contribution in [0.1, 0.15) is 12.5 Å². The lowest BCUT2D eigenvalue weighted by molar-refractivity contribution is 0.339. The number of hydrogen-bond donors (Lipinski definition) is 2. The van der Waals surface area contributed by atoms with E-state index >= 15 is 0 Å². The molecule has 3 N–H and O–H groups in total. The van der Waals surface area contributed by atoms with Gasteiger partial charge in [0.15, 0.2) is 0 Å². The van der Waals surface area contributed by atoms with Crippen LogP contribution in [-0.4, -0.2) is 12.4 Å². The van der Waals surface area contributed by atoms with Crippen LogP contribution in [0.5, 0.6) is 17.2 Å². The largest absolute Gasteiger partial charge is 0.494 e. The maximum Gasteiger partial charge on any atom is 0.139 e. The molecule has 0 atom stereocenters. The predicted molar refractivity (Wildman–Crippen MR) is 80.2 cm³/mol. The normalized spacial score (nSPS) is 10.1. The molecule has 0 spiro atoms. The molecule has 0 unspecified atom stereocenters. The molecular formula is C15H15ClN2O2. The van der Waals surface area contributed by atoms with Crippen LogP contribution in [0.4, 0.5) is 0 Å². The van der Waals surface area contributed by atoms with Crippen molar-refractivity contribution < 1.29 is 9.47 Å². The Morgan fingerprint density at radius 2 is 1.80 bits per heavy atom.